The summed E-state index contributed by atoms with van der Waals surface area (Å²) >= 11 is 0. The minimum atomic E-state index is -3.82. The number of hydrogen-bond donors (Lipinski definition) is 1. The van der Waals surface area contributed by atoms with Crippen molar-refractivity contribution in [1.82, 2.24) is 0 Å². The number of Topliss-reactive ketones (excluding diaryl/α,β-unsaturated/α-hetero) is 1. The standard InChI is InChI=1S/C12H23N.C9H17O6P/c1-3-7-11(8-4-1)13-12-9-5-2-6-10-12;1-4-14-16(13,15-5-2)8(9(11)12)6-7(3)10/h11-13H,1-10H2;8H,4-6H2,1-3H3,(H,11,12). The molecule has 1 unspecified atom stereocenters. The number of carbonyl (C=O) groups is 2. The smallest absolute Gasteiger partial charge is 0.339 e. The van der Waals surface area contributed by atoms with Crippen molar-refractivity contribution in [1.29, 1.82) is 0 Å². The Hall–Kier alpha value is -0.750. The van der Waals surface area contributed by atoms with E-state index in [1.54, 1.807) is 13.8 Å². The molecule has 0 amide bonds. The summed E-state index contributed by atoms with van der Waals surface area (Å²) in [5.74, 6) is -2.01. The van der Waals surface area contributed by atoms with E-state index in [-0.39, 0.29) is 13.2 Å². The van der Waals surface area contributed by atoms with Gasteiger partial charge in [-0.25, -0.2) is 0 Å². The Morgan fingerprint density at radius 2 is 1.34 bits per heavy atom. The minimum Gasteiger partial charge on any atom is -0.549 e. The second-order valence-electron chi connectivity index (χ2n) is 8.10. The van der Waals surface area contributed by atoms with Crippen molar-refractivity contribution >= 4 is 19.3 Å². The fraction of sp³-hybridized carbons (Fsp3) is 0.905. The predicted octanol–water partition coefficient (Wildman–Crippen LogP) is 2.57. The van der Waals surface area contributed by atoms with Gasteiger partial charge in [0.2, 0.25) is 0 Å². The number of rotatable bonds is 10. The average Bonchev–Trinajstić information content (AvgIpc) is 2.68. The molecule has 2 saturated carbocycles. The van der Waals surface area contributed by atoms with Crippen molar-refractivity contribution in [2.45, 2.75) is 109 Å². The van der Waals surface area contributed by atoms with Gasteiger partial charge in [0.25, 0.3) is 0 Å². The van der Waals surface area contributed by atoms with Crippen LogP contribution in [0.4, 0.5) is 0 Å². The van der Waals surface area contributed by atoms with E-state index in [2.05, 4.69) is 5.32 Å². The van der Waals surface area contributed by atoms with Gasteiger partial charge in [-0.05, 0) is 72.1 Å². The molecule has 0 aromatic rings. The summed E-state index contributed by atoms with van der Waals surface area (Å²) in [6, 6.07) is 1.99. The highest BCUT2D eigenvalue weighted by Gasteiger charge is 2.37. The summed E-state index contributed by atoms with van der Waals surface area (Å²) in [7, 11) is -3.82. The summed E-state index contributed by atoms with van der Waals surface area (Å²) in [6.45, 7) is 4.41. The van der Waals surface area contributed by atoms with Crippen LogP contribution in [-0.4, -0.2) is 42.7 Å². The van der Waals surface area contributed by atoms with Gasteiger partial charge in [0.15, 0.2) is 0 Å². The number of carbonyl (C=O) groups excluding carboxylic acids is 2. The molecule has 29 heavy (non-hydrogen) atoms. The number of carboxylic acids is 1. The van der Waals surface area contributed by atoms with Crippen LogP contribution in [0.15, 0.2) is 0 Å². The van der Waals surface area contributed by atoms with Crippen LogP contribution >= 0.6 is 7.60 Å². The second-order valence-corrected chi connectivity index (χ2v) is 10.3. The summed E-state index contributed by atoms with van der Waals surface area (Å²) in [5, 5.41) is 13.6. The maximum atomic E-state index is 12.1. The van der Waals surface area contributed by atoms with Crippen LogP contribution in [0.25, 0.3) is 0 Å². The van der Waals surface area contributed by atoms with E-state index in [4.69, 9.17) is 9.05 Å². The van der Waals surface area contributed by atoms with E-state index >= 15 is 0 Å². The zero-order chi connectivity index (χ0) is 21.7. The Bertz CT molecular complexity index is 503. The van der Waals surface area contributed by atoms with Crippen LogP contribution in [0.2, 0.25) is 0 Å². The Morgan fingerprint density at radius 3 is 1.66 bits per heavy atom. The van der Waals surface area contributed by atoms with Crippen LogP contribution in [-0.2, 0) is 23.2 Å². The molecule has 0 heterocycles. The molecule has 0 radical (unpaired) electrons. The van der Waals surface area contributed by atoms with Crippen molar-refractivity contribution < 1.29 is 33.6 Å². The molecular weight excluding hydrogens is 393 g/mol. The molecule has 0 aromatic heterocycles. The average molecular weight is 434 g/mol. The Kier molecular flexibility index (Phi) is 13.0. The van der Waals surface area contributed by atoms with Gasteiger partial charge >= 0.3 is 7.60 Å². The molecule has 2 rings (SSSR count). The normalized spacial score (nSPS) is 19.8. The first-order chi connectivity index (χ1) is 13.8. The van der Waals surface area contributed by atoms with E-state index < -0.39 is 31.4 Å². The van der Waals surface area contributed by atoms with E-state index in [0.717, 1.165) is 12.1 Å². The molecule has 1 atom stereocenters. The summed E-state index contributed by atoms with van der Waals surface area (Å²) < 4.78 is 21.8. The van der Waals surface area contributed by atoms with E-state index in [0.29, 0.717) is 0 Å². The highest BCUT2D eigenvalue weighted by Crippen LogP contribution is 2.54. The zero-order valence-corrected chi connectivity index (χ0v) is 19.3. The first kappa shape index (κ1) is 26.3. The topological polar surface area (TPSA) is 109 Å². The molecular formula is C21H40NO6P. The van der Waals surface area contributed by atoms with Crippen LogP contribution in [0.5, 0.6) is 0 Å². The predicted molar refractivity (Wildman–Crippen MR) is 111 cm³/mol. The molecule has 0 saturated heterocycles. The summed E-state index contributed by atoms with van der Waals surface area (Å²) in [5.41, 5.74) is -1.54. The third kappa shape index (κ3) is 10.2. The van der Waals surface area contributed by atoms with Gasteiger partial charge in [-0.2, -0.15) is 0 Å². The van der Waals surface area contributed by atoms with Gasteiger partial charge in [0.1, 0.15) is 11.4 Å². The van der Waals surface area contributed by atoms with Crippen molar-refractivity contribution in [3.63, 3.8) is 0 Å². The molecule has 0 aromatic carbocycles. The number of aliphatic carboxylic acids is 1. The lowest BCUT2D eigenvalue weighted by Crippen LogP contribution is -2.95. The lowest BCUT2D eigenvalue weighted by molar-refractivity contribution is -0.725. The van der Waals surface area contributed by atoms with Crippen molar-refractivity contribution in [2.24, 2.45) is 0 Å². The van der Waals surface area contributed by atoms with Gasteiger partial charge in [-0.3, -0.25) is 9.36 Å². The number of quaternary nitrogens is 1. The third-order valence-corrected chi connectivity index (χ3v) is 7.99. The number of ketones is 1. The van der Waals surface area contributed by atoms with Crippen LogP contribution < -0.4 is 10.4 Å². The first-order valence-electron chi connectivity index (χ1n) is 11.3. The molecule has 0 bridgehead atoms. The van der Waals surface area contributed by atoms with Crippen molar-refractivity contribution in [3.05, 3.63) is 0 Å². The summed E-state index contributed by atoms with van der Waals surface area (Å²) in [4.78, 5) is 21.7. The SMILES string of the molecule is C1CCC([NH2+]C2CCCCC2)CC1.CCOP(=O)(OCC)C(CC(C)=O)C(=O)[O-]. The van der Waals surface area contributed by atoms with Gasteiger partial charge < -0.3 is 24.3 Å². The van der Waals surface area contributed by atoms with Gasteiger partial charge in [-0.1, -0.05) is 12.8 Å². The monoisotopic (exact) mass is 433 g/mol. The van der Waals surface area contributed by atoms with Crippen molar-refractivity contribution in [2.75, 3.05) is 13.2 Å². The maximum absolute atomic E-state index is 12.1. The number of hydrogen-bond acceptors (Lipinski definition) is 6. The van der Waals surface area contributed by atoms with Crippen LogP contribution in [0, 0.1) is 0 Å². The highest BCUT2D eigenvalue weighted by atomic mass is 31.2. The van der Waals surface area contributed by atoms with Crippen LogP contribution in [0.1, 0.15) is 91.4 Å². The summed E-state index contributed by atoms with van der Waals surface area (Å²) in [6.07, 6.45) is 14.5. The Balaban J connectivity index is 0.000000294. The lowest BCUT2D eigenvalue weighted by atomic mass is 9.91. The largest absolute Gasteiger partial charge is 0.549 e. The Morgan fingerprint density at radius 1 is 0.931 bits per heavy atom. The van der Waals surface area contributed by atoms with Gasteiger partial charge in [0.05, 0.1) is 31.3 Å². The second kappa shape index (κ2) is 14.3. The number of nitrogens with two attached hydrogens (primary N) is 1. The van der Waals surface area contributed by atoms with Gasteiger partial charge in [0, 0.05) is 6.42 Å². The minimum absolute atomic E-state index is 0.0406. The van der Waals surface area contributed by atoms with Crippen molar-refractivity contribution in [3.8, 4) is 0 Å². The molecule has 8 heteroatoms. The molecule has 2 N–H and O–H groups in total. The fourth-order valence-electron chi connectivity index (χ4n) is 4.21. The van der Waals surface area contributed by atoms with Crippen LogP contribution in [0.3, 0.4) is 0 Å². The van der Waals surface area contributed by atoms with E-state index in [1.807, 2.05) is 0 Å². The number of carboxylic acid groups (broad SMARTS) is 1. The zero-order valence-electron chi connectivity index (χ0n) is 18.4. The maximum Gasteiger partial charge on any atom is 0.339 e. The Labute approximate surface area is 175 Å². The van der Waals surface area contributed by atoms with E-state index in [1.165, 1.54) is 71.1 Å². The lowest BCUT2D eigenvalue weighted by Gasteiger charge is -2.27. The molecule has 170 valence electrons. The molecule has 7 nitrogen and oxygen atoms in total. The first-order valence-corrected chi connectivity index (χ1v) is 12.9. The molecule has 2 aliphatic rings. The molecule has 0 spiro atoms. The highest BCUT2D eigenvalue weighted by molar-refractivity contribution is 7.55. The quantitative estimate of drug-likeness (QED) is 0.530. The molecule has 2 aliphatic carbocycles. The molecule has 0 aliphatic heterocycles. The fourth-order valence-corrected chi connectivity index (χ4v) is 6.10. The van der Waals surface area contributed by atoms with Gasteiger partial charge in [-0.15, -0.1) is 0 Å². The van der Waals surface area contributed by atoms with E-state index in [9.17, 15) is 19.3 Å². The molecule has 2 fully saturated rings. The third-order valence-electron chi connectivity index (χ3n) is 5.60.